The van der Waals surface area contributed by atoms with Gasteiger partial charge in [-0.3, -0.25) is 9.59 Å². The summed E-state index contributed by atoms with van der Waals surface area (Å²) < 4.78 is 75.5. The van der Waals surface area contributed by atoms with Crippen molar-refractivity contribution in [1.82, 2.24) is 0 Å². The van der Waals surface area contributed by atoms with Crippen LogP contribution in [0.15, 0.2) is 66.7 Å². The number of halogens is 5. The highest BCUT2D eigenvalue weighted by Crippen LogP contribution is 2.51. The first-order chi connectivity index (χ1) is 21.2. The molecule has 2 atom stereocenters. The highest BCUT2D eigenvalue weighted by atomic mass is 19.4. The lowest BCUT2D eigenvalue weighted by Gasteiger charge is -2.43. The number of phenols is 2. The van der Waals surface area contributed by atoms with E-state index >= 15 is 0 Å². The Morgan fingerprint density at radius 3 is 2.09 bits per heavy atom. The van der Waals surface area contributed by atoms with Crippen LogP contribution in [0.25, 0.3) is 0 Å². The van der Waals surface area contributed by atoms with E-state index in [2.05, 4.69) is 6.92 Å². The first-order valence-corrected chi connectivity index (χ1v) is 14.4. The summed E-state index contributed by atoms with van der Waals surface area (Å²) >= 11 is 0. The second-order valence-corrected chi connectivity index (χ2v) is 11.6. The fraction of sp³-hybridized carbons (Fsp3) is 0.412. The van der Waals surface area contributed by atoms with Crippen molar-refractivity contribution in [2.24, 2.45) is 5.41 Å². The first-order valence-electron chi connectivity index (χ1n) is 14.4. The number of fused-ring (bicyclic) bond motifs is 1. The number of rotatable bonds is 14. The summed E-state index contributed by atoms with van der Waals surface area (Å²) in [6, 6.07) is 19.4. The predicted octanol–water partition coefficient (Wildman–Crippen LogP) is 7.70. The summed E-state index contributed by atoms with van der Waals surface area (Å²) in [7, 11) is 0. The lowest BCUT2D eigenvalue weighted by Crippen LogP contribution is -2.40. The van der Waals surface area contributed by atoms with E-state index in [0.717, 1.165) is 16.7 Å². The van der Waals surface area contributed by atoms with Gasteiger partial charge in [-0.1, -0.05) is 37.3 Å². The van der Waals surface area contributed by atoms with Crippen LogP contribution in [0.2, 0.25) is 0 Å². The molecule has 1 aliphatic heterocycles. The van der Waals surface area contributed by atoms with Crippen molar-refractivity contribution in [3.05, 3.63) is 83.4 Å². The van der Waals surface area contributed by atoms with Gasteiger partial charge in [0.25, 0.3) is 0 Å². The van der Waals surface area contributed by atoms with Gasteiger partial charge in [-0.15, -0.1) is 0 Å². The number of hydrogen-bond acceptors (Lipinski definition) is 6. The molecule has 1 heterocycles. The maximum Gasteiger partial charge on any atom is 0.453 e. The zero-order chi connectivity index (χ0) is 32.9. The molecule has 0 spiro atoms. The third-order valence-corrected chi connectivity index (χ3v) is 8.38. The monoisotopic (exact) mass is 632 g/mol. The average Bonchev–Trinajstić information content (AvgIpc) is 3.00. The van der Waals surface area contributed by atoms with Gasteiger partial charge in [0.05, 0.1) is 13.2 Å². The number of unbranched alkanes of at least 4 members (excludes halogenated alkanes) is 1. The van der Waals surface area contributed by atoms with Crippen LogP contribution in [-0.4, -0.2) is 48.1 Å². The van der Waals surface area contributed by atoms with E-state index in [1.54, 1.807) is 36.4 Å². The van der Waals surface area contributed by atoms with Gasteiger partial charge in [0, 0.05) is 29.4 Å². The number of alkyl halides is 5. The van der Waals surface area contributed by atoms with Crippen molar-refractivity contribution >= 4 is 12.6 Å². The van der Waals surface area contributed by atoms with E-state index in [1.807, 2.05) is 30.3 Å². The number of hydrogen-bond donors (Lipinski definition) is 2. The van der Waals surface area contributed by atoms with Crippen LogP contribution < -0.4 is 9.47 Å². The summed E-state index contributed by atoms with van der Waals surface area (Å²) in [4.78, 5) is 22.9. The van der Waals surface area contributed by atoms with E-state index in [1.165, 1.54) is 12.6 Å². The van der Waals surface area contributed by atoms with Gasteiger partial charge in [-0.05, 0) is 73.6 Å². The molecule has 240 valence electrons. The molecule has 0 amide bonds. The lowest BCUT2D eigenvalue weighted by molar-refractivity contribution is -0.284. The molecule has 4 rings (SSSR count). The minimum atomic E-state index is -5.70. The van der Waals surface area contributed by atoms with Crippen LogP contribution >= 0.6 is 0 Å². The van der Waals surface area contributed by atoms with Gasteiger partial charge in [-0.25, -0.2) is 0 Å². The smallest absolute Gasteiger partial charge is 0.453 e. The minimum absolute atomic E-state index is 0.0850. The van der Waals surface area contributed by atoms with Crippen LogP contribution in [-0.2, 0) is 15.0 Å². The maximum atomic E-state index is 13.2. The van der Waals surface area contributed by atoms with Crippen molar-refractivity contribution in [1.29, 1.82) is 0 Å². The Balaban J connectivity index is 1.38. The third-order valence-electron chi connectivity index (χ3n) is 8.38. The first kappa shape index (κ1) is 33.7. The Labute approximate surface area is 257 Å². The molecule has 2 radical (unpaired) electrons. The second-order valence-electron chi connectivity index (χ2n) is 11.6. The molecule has 1 aliphatic rings. The van der Waals surface area contributed by atoms with E-state index < -0.39 is 42.2 Å². The summed E-state index contributed by atoms with van der Waals surface area (Å²) in [5, 5.41) is 19.8. The van der Waals surface area contributed by atoms with Crippen molar-refractivity contribution < 1.29 is 51.2 Å². The normalized spacial score (nSPS) is 18.5. The molecular formula is C34H33F5O6. The van der Waals surface area contributed by atoms with Gasteiger partial charge in [-0.2, -0.15) is 22.0 Å². The number of benzene rings is 3. The fourth-order valence-corrected chi connectivity index (χ4v) is 5.76. The van der Waals surface area contributed by atoms with Gasteiger partial charge < -0.3 is 19.7 Å². The zero-order valence-electron chi connectivity index (χ0n) is 24.5. The molecule has 0 bridgehead atoms. The average molecular weight is 633 g/mol. The summed E-state index contributed by atoms with van der Waals surface area (Å²) in [6.45, 7) is 2.59. The maximum absolute atomic E-state index is 13.2. The van der Waals surface area contributed by atoms with E-state index in [9.17, 15) is 41.8 Å². The largest absolute Gasteiger partial charge is 0.508 e. The molecule has 11 heteroatoms. The number of ether oxygens (including phenoxy) is 2. The van der Waals surface area contributed by atoms with E-state index in [0.29, 0.717) is 24.5 Å². The standard InChI is InChI=1S/C34H33F5O6/c1-31(24-7-9-25(42)10-8-24)22-45-29-19-26(43)11-14-28(29)30(31)23-5-12-27(13-6-23)44-18-3-2-15-32(20-40,21-41)16-4-17-33(35,36)34(37,38)39/h5-14,19,30,42-43H,2-4,15-18,22H2,1H3. The Morgan fingerprint density at radius 2 is 1.47 bits per heavy atom. The fourth-order valence-electron chi connectivity index (χ4n) is 5.76. The molecule has 0 saturated heterocycles. The molecule has 2 N–H and O–H groups in total. The van der Waals surface area contributed by atoms with Crippen molar-refractivity contribution in [2.45, 2.75) is 68.9 Å². The number of phenolic OH excluding ortho intramolecular Hbond substituents is 2. The summed E-state index contributed by atoms with van der Waals surface area (Å²) in [5.74, 6) is -3.73. The van der Waals surface area contributed by atoms with E-state index in [-0.39, 0.29) is 36.9 Å². The highest BCUT2D eigenvalue weighted by Gasteiger charge is 2.56. The molecule has 45 heavy (non-hydrogen) atoms. The van der Waals surface area contributed by atoms with Gasteiger partial charge in [0.15, 0.2) is 0 Å². The molecule has 0 fully saturated rings. The summed E-state index contributed by atoms with van der Waals surface area (Å²) in [5.41, 5.74) is 0.393. The third kappa shape index (κ3) is 7.57. The van der Waals surface area contributed by atoms with Crippen LogP contribution in [0.3, 0.4) is 0 Å². The van der Waals surface area contributed by atoms with Crippen LogP contribution in [0, 0.1) is 5.41 Å². The van der Waals surface area contributed by atoms with Crippen LogP contribution in [0.1, 0.15) is 68.1 Å². The molecule has 3 aromatic carbocycles. The Kier molecular flexibility index (Phi) is 10.1. The molecule has 0 aliphatic carbocycles. The molecule has 0 saturated carbocycles. The van der Waals surface area contributed by atoms with Gasteiger partial charge in [0.1, 0.15) is 28.4 Å². The highest BCUT2D eigenvalue weighted by molar-refractivity contribution is 5.84. The molecular weight excluding hydrogens is 599 g/mol. The number of aromatic hydroxyl groups is 2. The molecule has 0 aromatic heterocycles. The van der Waals surface area contributed by atoms with Gasteiger partial charge >= 0.3 is 12.1 Å². The number of carbonyl (C=O) groups excluding carboxylic acids is 2. The van der Waals surface area contributed by atoms with Crippen molar-refractivity contribution in [2.75, 3.05) is 13.2 Å². The van der Waals surface area contributed by atoms with Crippen molar-refractivity contribution in [3.63, 3.8) is 0 Å². The Bertz CT molecular complexity index is 1450. The quantitative estimate of drug-likeness (QED) is 0.108. The second kappa shape index (κ2) is 13.5. The Hall–Kier alpha value is -4.15. The Morgan fingerprint density at radius 1 is 0.844 bits per heavy atom. The zero-order valence-corrected chi connectivity index (χ0v) is 24.5. The SMILES string of the molecule is CC1(c2ccc(O)cc2)COc2cc(O)ccc2C1c1ccc(OCCCCC([C]=O)([C]=O)CCCC(F)(F)C(F)(F)F)cc1. The summed E-state index contributed by atoms with van der Waals surface area (Å²) in [6.07, 6.45) is -4.91. The van der Waals surface area contributed by atoms with Gasteiger partial charge in [0.2, 0.25) is 12.6 Å². The topological polar surface area (TPSA) is 93.1 Å². The predicted molar refractivity (Wildman–Crippen MR) is 155 cm³/mol. The molecule has 6 nitrogen and oxygen atoms in total. The minimum Gasteiger partial charge on any atom is -0.508 e. The lowest BCUT2D eigenvalue weighted by atomic mass is 9.65. The van der Waals surface area contributed by atoms with Crippen molar-refractivity contribution in [3.8, 4) is 23.0 Å². The molecule has 3 aromatic rings. The van der Waals surface area contributed by atoms with E-state index in [4.69, 9.17) is 9.47 Å². The van der Waals surface area contributed by atoms with Crippen LogP contribution in [0.4, 0.5) is 22.0 Å². The molecule has 2 unspecified atom stereocenters. The van der Waals surface area contributed by atoms with Crippen LogP contribution in [0.5, 0.6) is 23.0 Å².